The molecule has 0 saturated carbocycles. The minimum Gasteiger partial charge on any atom is -0.361 e. The number of aromatic amines is 1. The zero-order chi connectivity index (χ0) is 31.1. The van der Waals surface area contributed by atoms with E-state index in [0.717, 1.165) is 22.0 Å². The molecule has 5 amide bonds. The van der Waals surface area contributed by atoms with Crippen molar-refractivity contribution in [1.29, 1.82) is 0 Å². The van der Waals surface area contributed by atoms with Crippen LogP contribution in [-0.4, -0.2) is 82.7 Å². The molecular formula is C31H39N7O5. The normalized spacial score (nSPS) is 23.3. The molecular weight excluding hydrogens is 550 g/mol. The van der Waals surface area contributed by atoms with Crippen LogP contribution in [0.25, 0.3) is 10.9 Å². The van der Waals surface area contributed by atoms with Gasteiger partial charge in [0.05, 0.1) is 6.04 Å². The van der Waals surface area contributed by atoms with Crippen LogP contribution in [0.1, 0.15) is 31.9 Å². The number of nitrogens with zero attached hydrogens (tertiary/aromatic N) is 1. The number of nitrogens with two attached hydrogens (primary N) is 1. The molecule has 228 valence electrons. The average molecular weight is 590 g/mol. The van der Waals surface area contributed by atoms with Gasteiger partial charge in [0.2, 0.25) is 29.5 Å². The first-order chi connectivity index (χ1) is 20.5. The van der Waals surface area contributed by atoms with E-state index in [2.05, 4.69) is 26.3 Å². The van der Waals surface area contributed by atoms with Gasteiger partial charge in [0.1, 0.15) is 24.2 Å². The first-order valence-electron chi connectivity index (χ1n) is 14.4. The molecule has 4 rings (SSSR count). The van der Waals surface area contributed by atoms with Gasteiger partial charge in [-0.05, 0) is 38.0 Å². The van der Waals surface area contributed by atoms with Gasteiger partial charge in [0.15, 0.2) is 0 Å². The van der Waals surface area contributed by atoms with Crippen LogP contribution in [0.4, 0.5) is 0 Å². The van der Waals surface area contributed by atoms with Gasteiger partial charge in [-0.15, -0.1) is 0 Å². The van der Waals surface area contributed by atoms with Crippen molar-refractivity contribution in [3.8, 4) is 0 Å². The third-order valence-corrected chi connectivity index (χ3v) is 7.57. The van der Waals surface area contributed by atoms with E-state index in [1.54, 1.807) is 13.1 Å². The van der Waals surface area contributed by atoms with E-state index in [1.165, 1.54) is 18.7 Å². The van der Waals surface area contributed by atoms with Crippen molar-refractivity contribution in [2.24, 2.45) is 5.73 Å². The molecule has 7 N–H and O–H groups in total. The molecule has 0 aliphatic carbocycles. The summed E-state index contributed by atoms with van der Waals surface area (Å²) in [4.78, 5) is 71.0. The van der Waals surface area contributed by atoms with Crippen molar-refractivity contribution in [3.63, 3.8) is 0 Å². The Kier molecular flexibility index (Phi) is 10.1. The number of fused-ring (bicyclic) bond motifs is 1. The van der Waals surface area contributed by atoms with E-state index in [0.29, 0.717) is 0 Å². The molecule has 0 bridgehead atoms. The zero-order valence-electron chi connectivity index (χ0n) is 24.6. The summed E-state index contributed by atoms with van der Waals surface area (Å²) in [6.45, 7) is 4.58. The number of rotatable bonds is 5. The van der Waals surface area contributed by atoms with Crippen molar-refractivity contribution in [1.82, 2.24) is 31.2 Å². The Morgan fingerprint density at radius 2 is 1.51 bits per heavy atom. The van der Waals surface area contributed by atoms with Gasteiger partial charge in [-0.1, -0.05) is 48.5 Å². The lowest BCUT2D eigenvalue weighted by Crippen LogP contribution is -2.58. The van der Waals surface area contributed by atoms with Crippen LogP contribution in [0.3, 0.4) is 0 Å². The number of amides is 5. The van der Waals surface area contributed by atoms with Crippen LogP contribution >= 0.6 is 0 Å². The summed E-state index contributed by atoms with van der Waals surface area (Å²) in [5.74, 6) is -2.67. The molecule has 0 spiro atoms. The van der Waals surface area contributed by atoms with E-state index in [4.69, 9.17) is 5.73 Å². The molecule has 2 aromatic carbocycles. The summed E-state index contributed by atoms with van der Waals surface area (Å²) in [5.41, 5.74) is 8.38. The number of carbonyl (C=O) groups is 5. The van der Waals surface area contributed by atoms with Crippen LogP contribution in [0.5, 0.6) is 0 Å². The second-order valence-electron chi connectivity index (χ2n) is 10.9. The minimum atomic E-state index is -1.07. The molecule has 1 aromatic heterocycles. The SMILES string of the molecule is C[C@@H]1NC(=O)[C@@H](Cc2c[nH]c3ccccc23)NC(=O)[C@@H](C)N(C(=O)[C@@H](C)N)CCNC(=O)[C@H](Cc2ccccc2)NC1=O. The van der Waals surface area contributed by atoms with E-state index in [1.807, 2.05) is 54.6 Å². The maximum atomic E-state index is 13.6. The topological polar surface area (TPSA) is 179 Å². The second-order valence-corrected chi connectivity index (χ2v) is 10.9. The van der Waals surface area contributed by atoms with Gasteiger partial charge < -0.3 is 36.9 Å². The van der Waals surface area contributed by atoms with E-state index >= 15 is 0 Å². The fourth-order valence-corrected chi connectivity index (χ4v) is 5.08. The smallest absolute Gasteiger partial charge is 0.243 e. The highest BCUT2D eigenvalue weighted by Crippen LogP contribution is 2.19. The fourth-order valence-electron chi connectivity index (χ4n) is 5.08. The second kappa shape index (κ2) is 14.0. The first kappa shape index (κ1) is 31.2. The largest absolute Gasteiger partial charge is 0.361 e. The zero-order valence-corrected chi connectivity index (χ0v) is 24.6. The molecule has 0 unspecified atom stereocenters. The standard InChI is InChI=1S/C31H39N7O5/c1-18(32)31(43)38-14-13-33-29(41)25(15-21-9-5-4-6-10-21)36-27(39)19(2)35-30(42)26(37-28(40)20(38)3)16-22-17-34-24-12-8-7-11-23(22)24/h4-12,17-20,25-26,34H,13-16,32H2,1-3H3,(H,33,41)(H,35,42)(H,36,39)(H,37,40)/t18-,19+,20-,25+,26-/m1/s1. The van der Waals surface area contributed by atoms with Gasteiger partial charge in [-0.25, -0.2) is 0 Å². The van der Waals surface area contributed by atoms with Gasteiger partial charge in [-0.3, -0.25) is 24.0 Å². The number of H-pyrrole nitrogens is 1. The fraction of sp³-hybridized carbons (Fsp3) is 0.387. The van der Waals surface area contributed by atoms with Crippen LogP contribution < -0.4 is 27.0 Å². The summed E-state index contributed by atoms with van der Waals surface area (Å²) in [6.07, 6.45) is 2.11. The van der Waals surface area contributed by atoms with Crippen LogP contribution in [0.15, 0.2) is 60.8 Å². The Bertz CT molecular complexity index is 1470. The third-order valence-electron chi connectivity index (χ3n) is 7.57. The van der Waals surface area contributed by atoms with Gasteiger partial charge in [0, 0.05) is 43.0 Å². The summed E-state index contributed by atoms with van der Waals surface area (Å²) in [6, 6.07) is 11.9. The Labute approximate surface area is 250 Å². The summed E-state index contributed by atoms with van der Waals surface area (Å²) in [7, 11) is 0. The van der Waals surface area contributed by atoms with Crippen molar-refractivity contribution in [3.05, 3.63) is 71.9 Å². The summed E-state index contributed by atoms with van der Waals surface area (Å²) < 4.78 is 0. The predicted molar refractivity (Wildman–Crippen MR) is 161 cm³/mol. The highest BCUT2D eigenvalue weighted by Gasteiger charge is 2.33. The minimum absolute atomic E-state index is 0.0115. The van der Waals surface area contributed by atoms with E-state index in [9.17, 15) is 24.0 Å². The first-order valence-corrected chi connectivity index (χ1v) is 14.4. The molecule has 12 heteroatoms. The number of para-hydroxylation sites is 1. The highest BCUT2D eigenvalue weighted by molar-refractivity contribution is 5.96. The summed E-state index contributed by atoms with van der Waals surface area (Å²) in [5, 5.41) is 11.9. The average Bonchev–Trinajstić information content (AvgIpc) is 3.40. The van der Waals surface area contributed by atoms with Gasteiger partial charge in [-0.2, -0.15) is 0 Å². The van der Waals surface area contributed by atoms with E-state index in [-0.39, 0.29) is 25.9 Å². The van der Waals surface area contributed by atoms with Crippen molar-refractivity contribution in [2.75, 3.05) is 13.1 Å². The quantitative estimate of drug-likeness (QED) is 0.246. The number of hydrogen-bond donors (Lipinski definition) is 6. The number of benzene rings is 2. The van der Waals surface area contributed by atoms with Crippen molar-refractivity contribution < 1.29 is 24.0 Å². The number of carbonyl (C=O) groups excluding carboxylic acids is 5. The Morgan fingerprint density at radius 1 is 0.860 bits per heavy atom. The number of nitrogens with one attached hydrogen (secondary N) is 5. The molecule has 43 heavy (non-hydrogen) atoms. The maximum absolute atomic E-state index is 13.6. The lowest BCUT2D eigenvalue weighted by atomic mass is 10.0. The molecule has 1 fully saturated rings. The highest BCUT2D eigenvalue weighted by atomic mass is 16.2. The lowest BCUT2D eigenvalue weighted by molar-refractivity contribution is -0.141. The van der Waals surface area contributed by atoms with Crippen LogP contribution in [0, 0.1) is 0 Å². The third kappa shape index (κ3) is 7.77. The maximum Gasteiger partial charge on any atom is 0.243 e. The summed E-state index contributed by atoms with van der Waals surface area (Å²) >= 11 is 0. The monoisotopic (exact) mass is 589 g/mol. The Morgan fingerprint density at radius 3 is 2.23 bits per heavy atom. The lowest BCUT2D eigenvalue weighted by Gasteiger charge is -2.31. The molecule has 1 aliphatic heterocycles. The predicted octanol–water partition coefficient (Wildman–Crippen LogP) is 0.122. The van der Waals surface area contributed by atoms with Crippen molar-refractivity contribution >= 4 is 40.4 Å². The molecule has 2 heterocycles. The van der Waals surface area contributed by atoms with Crippen LogP contribution in [-0.2, 0) is 36.8 Å². The Balaban J connectivity index is 1.65. The molecule has 1 aliphatic rings. The van der Waals surface area contributed by atoms with Crippen LogP contribution in [0.2, 0.25) is 0 Å². The molecule has 12 nitrogen and oxygen atoms in total. The number of hydrogen-bond acceptors (Lipinski definition) is 6. The molecule has 0 radical (unpaired) electrons. The molecule has 5 atom stereocenters. The molecule has 1 saturated heterocycles. The Hall–Kier alpha value is -4.71. The van der Waals surface area contributed by atoms with Gasteiger partial charge >= 0.3 is 0 Å². The van der Waals surface area contributed by atoms with Gasteiger partial charge in [0.25, 0.3) is 0 Å². The number of aromatic nitrogens is 1. The van der Waals surface area contributed by atoms with Crippen molar-refractivity contribution in [2.45, 2.75) is 63.8 Å². The molecule has 3 aromatic rings. The van der Waals surface area contributed by atoms with E-state index < -0.39 is 59.7 Å².